The van der Waals surface area contributed by atoms with Gasteiger partial charge in [0.2, 0.25) is 0 Å². The Morgan fingerprint density at radius 2 is 1.89 bits per heavy atom. The fourth-order valence-electron chi connectivity index (χ4n) is 1.60. The second-order valence-electron chi connectivity index (χ2n) is 4.47. The maximum Gasteiger partial charge on any atom is 0.573 e. The highest BCUT2D eigenvalue weighted by molar-refractivity contribution is 6.32. The summed E-state index contributed by atoms with van der Waals surface area (Å²) in [5, 5.41) is -0.0935. The van der Waals surface area contributed by atoms with Crippen molar-refractivity contribution in [2.75, 3.05) is 0 Å². The summed E-state index contributed by atoms with van der Waals surface area (Å²) >= 11 is 5.74. The molecule has 0 aliphatic carbocycles. The second-order valence-corrected chi connectivity index (χ2v) is 4.88. The SMILES string of the molecule is CC(C)C[C@@H](N)c1ccc(OC(F)(F)F)c(Cl)c1.Cl. The zero-order valence-corrected chi connectivity index (χ0v) is 12.1. The minimum absolute atomic E-state index is 0. The van der Waals surface area contributed by atoms with E-state index in [-0.39, 0.29) is 23.5 Å². The molecule has 1 aromatic carbocycles. The molecule has 2 N–H and O–H groups in total. The molecule has 0 aliphatic heterocycles. The van der Waals surface area contributed by atoms with E-state index in [2.05, 4.69) is 4.74 Å². The number of halogens is 5. The van der Waals surface area contributed by atoms with Gasteiger partial charge in [-0.15, -0.1) is 25.6 Å². The van der Waals surface area contributed by atoms with Crippen molar-refractivity contribution in [3.63, 3.8) is 0 Å². The summed E-state index contributed by atoms with van der Waals surface area (Å²) in [6.45, 7) is 4.03. The average Bonchev–Trinajstić information content (AvgIpc) is 2.18. The van der Waals surface area contributed by atoms with Gasteiger partial charge in [-0.1, -0.05) is 31.5 Å². The standard InChI is InChI=1S/C12H15ClF3NO.ClH/c1-7(2)5-10(17)8-3-4-11(9(13)6-8)18-12(14,15)16;/h3-4,6-7,10H,5,17H2,1-2H3;1H/t10-;/m1./s1. The number of nitrogens with two attached hydrogens (primary N) is 1. The fraction of sp³-hybridized carbons (Fsp3) is 0.500. The van der Waals surface area contributed by atoms with Gasteiger partial charge in [-0.2, -0.15) is 0 Å². The van der Waals surface area contributed by atoms with Crippen LogP contribution in [-0.4, -0.2) is 6.36 Å². The van der Waals surface area contributed by atoms with Crippen LogP contribution in [0.5, 0.6) is 5.75 Å². The van der Waals surface area contributed by atoms with E-state index in [0.29, 0.717) is 11.5 Å². The normalized spacial score (nSPS) is 13.1. The molecule has 0 fully saturated rings. The van der Waals surface area contributed by atoms with Gasteiger partial charge in [0.25, 0.3) is 0 Å². The highest BCUT2D eigenvalue weighted by Gasteiger charge is 2.32. The molecule has 0 aromatic heterocycles. The van der Waals surface area contributed by atoms with Gasteiger partial charge in [0.15, 0.2) is 0 Å². The number of alkyl halides is 3. The third-order valence-electron chi connectivity index (χ3n) is 2.34. The van der Waals surface area contributed by atoms with Crippen LogP contribution < -0.4 is 10.5 Å². The molecule has 1 rings (SSSR count). The molecule has 0 radical (unpaired) electrons. The predicted molar refractivity (Wildman–Crippen MR) is 71.8 cm³/mol. The molecule has 0 amide bonds. The summed E-state index contributed by atoms with van der Waals surface area (Å²) in [4.78, 5) is 0. The van der Waals surface area contributed by atoms with E-state index in [0.717, 1.165) is 6.42 Å². The Morgan fingerprint density at radius 1 is 1.32 bits per heavy atom. The molecule has 0 saturated heterocycles. The maximum atomic E-state index is 12.0. The van der Waals surface area contributed by atoms with Crippen LogP contribution in [0.15, 0.2) is 18.2 Å². The first-order chi connectivity index (χ1) is 8.19. The molecule has 19 heavy (non-hydrogen) atoms. The summed E-state index contributed by atoms with van der Waals surface area (Å²) in [6.07, 6.45) is -4.01. The molecule has 110 valence electrons. The third-order valence-corrected chi connectivity index (χ3v) is 2.63. The molecule has 0 heterocycles. The second kappa shape index (κ2) is 7.22. The minimum Gasteiger partial charge on any atom is -0.404 e. The van der Waals surface area contributed by atoms with Crippen molar-refractivity contribution in [3.05, 3.63) is 28.8 Å². The van der Waals surface area contributed by atoms with E-state index in [9.17, 15) is 13.2 Å². The van der Waals surface area contributed by atoms with Gasteiger partial charge in [0, 0.05) is 6.04 Å². The molecule has 1 aromatic rings. The van der Waals surface area contributed by atoms with Crippen LogP contribution in [0.4, 0.5) is 13.2 Å². The van der Waals surface area contributed by atoms with Crippen LogP contribution in [0, 0.1) is 5.92 Å². The minimum atomic E-state index is -4.74. The lowest BCUT2D eigenvalue weighted by Crippen LogP contribution is -2.18. The molecule has 0 saturated carbocycles. The van der Waals surface area contributed by atoms with E-state index in [4.69, 9.17) is 17.3 Å². The topological polar surface area (TPSA) is 35.2 Å². The molecule has 2 nitrogen and oxygen atoms in total. The molecule has 0 bridgehead atoms. The summed E-state index contributed by atoms with van der Waals surface area (Å²) in [5.41, 5.74) is 6.62. The Balaban J connectivity index is 0.00000324. The number of benzene rings is 1. The summed E-state index contributed by atoms with van der Waals surface area (Å²) in [6, 6.07) is 3.85. The molecular weight excluding hydrogens is 302 g/mol. The van der Waals surface area contributed by atoms with Gasteiger partial charge in [0.1, 0.15) is 5.75 Å². The van der Waals surface area contributed by atoms with Gasteiger partial charge >= 0.3 is 6.36 Å². The molecular formula is C12H16Cl2F3NO. The van der Waals surface area contributed by atoms with Crippen molar-refractivity contribution in [3.8, 4) is 5.75 Å². The lowest BCUT2D eigenvalue weighted by Gasteiger charge is -2.16. The van der Waals surface area contributed by atoms with Crippen molar-refractivity contribution in [1.82, 2.24) is 0 Å². The Bertz CT molecular complexity index is 410. The highest BCUT2D eigenvalue weighted by Crippen LogP contribution is 2.32. The Morgan fingerprint density at radius 3 is 2.32 bits per heavy atom. The maximum absolute atomic E-state index is 12.0. The van der Waals surface area contributed by atoms with Gasteiger partial charge < -0.3 is 10.5 Å². The van der Waals surface area contributed by atoms with Crippen LogP contribution in [0.1, 0.15) is 31.9 Å². The molecule has 1 atom stereocenters. The third kappa shape index (κ3) is 6.36. The summed E-state index contributed by atoms with van der Waals surface area (Å²) in [7, 11) is 0. The van der Waals surface area contributed by atoms with E-state index >= 15 is 0 Å². The summed E-state index contributed by atoms with van der Waals surface area (Å²) in [5.74, 6) is -0.0189. The van der Waals surface area contributed by atoms with Gasteiger partial charge in [-0.25, -0.2) is 0 Å². The number of hydrogen-bond donors (Lipinski definition) is 1. The van der Waals surface area contributed by atoms with Crippen molar-refractivity contribution in [2.45, 2.75) is 32.7 Å². The Kier molecular flexibility index (Phi) is 6.97. The molecule has 0 aliphatic rings. The lowest BCUT2D eigenvalue weighted by molar-refractivity contribution is -0.274. The van der Waals surface area contributed by atoms with Gasteiger partial charge in [-0.3, -0.25) is 0 Å². The fourth-order valence-corrected chi connectivity index (χ4v) is 1.83. The van der Waals surface area contributed by atoms with Gasteiger partial charge in [-0.05, 0) is 30.0 Å². The van der Waals surface area contributed by atoms with Crippen LogP contribution in [0.25, 0.3) is 0 Å². The van der Waals surface area contributed by atoms with E-state index in [1.807, 2.05) is 13.8 Å². The van der Waals surface area contributed by atoms with Gasteiger partial charge in [0.05, 0.1) is 5.02 Å². The first-order valence-corrected chi connectivity index (χ1v) is 5.87. The monoisotopic (exact) mass is 317 g/mol. The zero-order chi connectivity index (χ0) is 13.9. The number of rotatable bonds is 4. The molecule has 0 unspecified atom stereocenters. The summed E-state index contributed by atoms with van der Waals surface area (Å²) < 4.78 is 39.9. The van der Waals surface area contributed by atoms with E-state index in [1.165, 1.54) is 18.2 Å². The first-order valence-electron chi connectivity index (χ1n) is 5.50. The van der Waals surface area contributed by atoms with Crippen LogP contribution in [0.3, 0.4) is 0 Å². The smallest absolute Gasteiger partial charge is 0.404 e. The van der Waals surface area contributed by atoms with Crippen LogP contribution >= 0.6 is 24.0 Å². The predicted octanol–water partition coefficient (Wildman–Crippen LogP) is 4.71. The van der Waals surface area contributed by atoms with E-state index < -0.39 is 12.1 Å². The molecule has 7 heteroatoms. The van der Waals surface area contributed by atoms with Crippen molar-refractivity contribution in [2.24, 2.45) is 11.7 Å². The quantitative estimate of drug-likeness (QED) is 0.873. The number of ether oxygens (including phenoxy) is 1. The van der Waals surface area contributed by atoms with Crippen molar-refractivity contribution < 1.29 is 17.9 Å². The zero-order valence-electron chi connectivity index (χ0n) is 10.5. The van der Waals surface area contributed by atoms with Crippen molar-refractivity contribution >= 4 is 24.0 Å². The Hall–Kier alpha value is -0.650. The highest BCUT2D eigenvalue weighted by atomic mass is 35.5. The van der Waals surface area contributed by atoms with Crippen molar-refractivity contribution in [1.29, 1.82) is 0 Å². The van der Waals surface area contributed by atoms with Crippen LogP contribution in [0.2, 0.25) is 5.02 Å². The van der Waals surface area contributed by atoms with Crippen LogP contribution in [-0.2, 0) is 0 Å². The average molecular weight is 318 g/mol. The largest absolute Gasteiger partial charge is 0.573 e. The first kappa shape index (κ1) is 18.4. The Labute approximate surface area is 121 Å². The number of hydrogen-bond acceptors (Lipinski definition) is 2. The van der Waals surface area contributed by atoms with E-state index in [1.54, 1.807) is 0 Å². The lowest BCUT2D eigenvalue weighted by atomic mass is 9.98. The molecule has 0 spiro atoms.